The second-order valence-electron chi connectivity index (χ2n) is 6.50. The number of thiophene rings is 1. The molecule has 2 heterocycles. The Balaban J connectivity index is 1.65. The molecule has 7 heteroatoms. The number of fused-ring (bicyclic) bond motifs is 1. The van der Waals surface area contributed by atoms with Crippen molar-refractivity contribution in [1.29, 1.82) is 0 Å². The Morgan fingerprint density at radius 3 is 2.68 bits per heavy atom. The summed E-state index contributed by atoms with van der Waals surface area (Å²) in [4.78, 5) is 27.4. The molecule has 0 aliphatic rings. The van der Waals surface area contributed by atoms with E-state index in [1.165, 1.54) is 0 Å². The highest BCUT2D eigenvalue weighted by Crippen LogP contribution is 2.29. The van der Waals surface area contributed by atoms with Crippen molar-refractivity contribution in [3.05, 3.63) is 51.4 Å². The molecule has 1 amide bonds. The van der Waals surface area contributed by atoms with Crippen LogP contribution in [0.15, 0.2) is 34.1 Å². The number of hydrogen-bond donors (Lipinski definition) is 0. The molecular formula is C21H23NO5S. The summed E-state index contributed by atoms with van der Waals surface area (Å²) in [5.74, 6) is -0.109. The molecule has 3 aromatic rings. The lowest BCUT2D eigenvalue weighted by molar-refractivity contribution is -0.133. The first kappa shape index (κ1) is 19.9. The fraction of sp³-hybridized carbons (Fsp3) is 0.333. The average Bonchev–Trinajstić information content (AvgIpc) is 3.23. The number of likely N-dealkylation sites (N-methyl/N-ethyl adjacent to an activating group) is 1. The standard InChI is InChI=1S/C21H23NO5S/c1-5-25-15-6-7-17-16(10-15)14(3)20(27-17)21(24)26-12-19(23)22(4)11-18-13(2)8-9-28-18/h6-10H,5,11-12H2,1-4H3. The van der Waals surface area contributed by atoms with E-state index in [-0.39, 0.29) is 18.3 Å². The molecule has 0 atom stereocenters. The number of hydrogen-bond acceptors (Lipinski definition) is 6. The lowest BCUT2D eigenvalue weighted by Gasteiger charge is -2.16. The van der Waals surface area contributed by atoms with Crippen molar-refractivity contribution in [3.63, 3.8) is 0 Å². The van der Waals surface area contributed by atoms with Gasteiger partial charge in [-0.15, -0.1) is 11.3 Å². The molecule has 6 nitrogen and oxygen atoms in total. The van der Waals surface area contributed by atoms with Crippen LogP contribution in [0.3, 0.4) is 0 Å². The van der Waals surface area contributed by atoms with E-state index in [0.717, 1.165) is 15.8 Å². The predicted octanol–water partition coefficient (Wildman–Crippen LogP) is 4.33. The Kier molecular flexibility index (Phi) is 6.04. The summed E-state index contributed by atoms with van der Waals surface area (Å²) >= 11 is 1.60. The van der Waals surface area contributed by atoms with Crippen LogP contribution in [0.5, 0.6) is 5.75 Å². The number of esters is 1. The second kappa shape index (κ2) is 8.48. The average molecular weight is 401 g/mol. The van der Waals surface area contributed by atoms with Crippen molar-refractivity contribution in [2.75, 3.05) is 20.3 Å². The summed E-state index contributed by atoms with van der Waals surface area (Å²) < 4.78 is 16.3. The van der Waals surface area contributed by atoms with Crippen molar-refractivity contribution in [2.45, 2.75) is 27.3 Å². The first-order chi connectivity index (χ1) is 13.4. The summed E-state index contributed by atoms with van der Waals surface area (Å²) in [7, 11) is 1.69. The highest BCUT2D eigenvalue weighted by atomic mass is 32.1. The third-order valence-corrected chi connectivity index (χ3v) is 5.51. The maximum atomic E-state index is 12.4. The minimum absolute atomic E-state index is 0.105. The number of carbonyl (C=O) groups is 2. The van der Waals surface area contributed by atoms with Gasteiger partial charge in [0.15, 0.2) is 6.61 Å². The molecule has 0 saturated heterocycles. The van der Waals surface area contributed by atoms with Gasteiger partial charge in [0.25, 0.3) is 5.91 Å². The topological polar surface area (TPSA) is 69.0 Å². The zero-order valence-electron chi connectivity index (χ0n) is 16.4. The molecule has 0 N–H and O–H groups in total. The zero-order chi connectivity index (χ0) is 20.3. The molecule has 2 aromatic heterocycles. The third-order valence-electron chi connectivity index (χ3n) is 4.51. The molecule has 3 rings (SSSR count). The van der Waals surface area contributed by atoms with Gasteiger partial charge in [0.1, 0.15) is 11.3 Å². The Morgan fingerprint density at radius 1 is 1.21 bits per heavy atom. The lowest BCUT2D eigenvalue weighted by Crippen LogP contribution is -2.30. The number of aryl methyl sites for hydroxylation is 2. The van der Waals surface area contributed by atoms with Gasteiger partial charge in [0.05, 0.1) is 13.2 Å². The smallest absolute Gasteiger partial charge is 0.375 e. The summed E-state index contributed by atoms with van der Waals surface area (Å²) in [5.41, 5.74) is 2.38. The molecule has 0 radical (unpaired) electrons. The Bertz CT molecular complexity index is 1000. The molecule has 1 aromatic carbocycles. The number of nitrogens with zero attached hydrogens (tertiary/aromatic N) is 1. The predicted molar refractivity (Wildman–Crippen MR) is 108 cm³/mol. The van der Waals surface area contributed by atoms with Crippen LogP contribution in [-0.2, 0) is 16.1 Å². The number of carbonyl (C=O) groups excluding carboxylic acids is 2. The van der Waals surface area contributed by atoms with E-state index in [0.29, 0.717) is 30.0 Å². The van der Waals surface area contributed by atoms with Crippen LogP contribution in [0.1, 0.15) is 33.5 Å². The highest BCUT2D eigenvalue weighted by molar-refractivity contribution is 7.10. The molecule has 0 aliphatic carbocycles. The molecular weight excluding hydrogens is 378 g/mol. The van der Waals surface area contributed by atoms with Crippen LogP contribution in [-0.4, -0.2) is 37.0 Å². The maximum absolute atomic E-state index is 12.4. The fourth-order valence-corrected chi connectivity index (χ4v) is 3.78. The molecule has 0 bridgehead atoms. The lowest BCUT2D eigenvalue weighted by atomic mass is 10.1. The monoisotopic (exact) mass is 401 g/mol. The fourth-order valence-electron chi connectivity index (χ4n) is 2.82. The summed E-state index contributed by atoms with van der Waals surface area (Å²) in [6, 6.07) is 7.39. The minimum Gasteiger partial charge on any atom is -0.494 e. The van der Waals surface area contributed by atoms with E-state index in [1.807, 2.05) is 31.4 Å². The van der Waals surface area contributed by atoms with E-state index in [4.69, 9.17) is 13.9 Å². The van der Waals surface area contributed by atoms with E-state index >= 15 is 0 Å². The van der Waals surface area contributed by atoms with Crippen LogP contribution in [0, 0.1) is 13.8 Å². The molecule has 0 aliphatic heterocycles. The van der Waals surface area contributed by atoms with Crippen molar-refractivity contribution >= 4 is 34.2 Å². The molecule has 0 spiro atoms. The molecule has 28 heavy (non-hydrogen) atoms. The Morgan fingerprint density at radius 2 is 2.00 bits per heavy atom. The van der Waals surface area contributed by atoms with Crippen LogP contribution in [0.2, 0.25) is 0 Å². The van der Waals surface area contributed by atoms with Gasteiger partial charge in [-0.05, 0) is 56.0 Å². The third kappa shape index (κ3) is 4.20. The quantitative estimate of drug-likeness (QED) is 0.551. The van der Waals surface area contributed by atoms with Crippen LogP contribution >= 0.6 is 11.3 Å². The SMILES string of the molecule is CCOc1ccc2oc(C(=O)OCC(=O)N(C)Cc3sccc3C)c(C)c2c1. The summed E-state index contributed by atoms with van der Waals surface area (Å²) in [6.07, 6.45) is 0. The minimum atomic E-state index is -0.652. The van der Waals surface area contributed by atoms with Gasteiger partial charge < -0.3 is 18.8 Å². The van der Waals surface area contributed by atoms with Crippen molar-refractivity contribution in [2.24, 2.45) is 0 Å². The molecule has 0 unspecified atom stereocenters. The van der Waals surface area contributed by atoms with E-state index in [9.17, 15) is 9.59 Å². The second-order valence-corrected chi connectivity index (χ2v) is 7.50. The molecule has 0 fully saturated rings. The van der Waals surface area contributed by atoms with E-state index in [2.05, 4.69) is 0 Å². The normalized spacial score (nSPS) is 10.9. The number of benzene rings is 1. The molecule has 148 valence electrons. The first-order valence-electron chi connectivity index (χ1n) is 9.00. The Hall–Kier alpha value is -2.80. The highest BCUT2D eigenvalue weighted by Gasteiger charge is 2.21. The number of rotatable bonds is 7. The van der Waals surface area contributed by atoms with Crippen molar-refractivity contribution in [3.8, 4) is 5.75 Å². The van der Waals surface area contributed by atoms with Gasteiger partial charge in [-0.1, -0.05) is 0 Å². The van der Waals surface area contributed by atoms with Gasteiger partial charge in [-0.3, -0.25) is 4.79 Å². The van der Waals surface area contributed by atoms with Crippen LogP contribution in [0.4, 0.5) is 0 Å². The largest absolute Gasteiger partial charge is 0.494 e. The van der Waals surface area contributed by atoms with E-state index < -0.39 is 5.97 Å². The number of ether oxygens (including phenoxy) is 2. The van der Waals surface area contributed by atoms with Crippen molar-refractivity contribution in [1.82, 2.24) is 4.90 Å². The van der Waals surface area contributed by atoms with Gasteiger partial charge >= 0.3 is 5.97 Å². The van der Waals surface area contributed by atoms with Gasteiger partial charge in [0.2, 0.25) is 5.76 Å². The van der Waals surface area contributed by atoms with Gasteiger partial charge in [-0.25, -0.2) is 4.79 Å². The summed E-state index contributed by atoms with van der Waals surface area (Å²) in [6.45, 7) is 6.41. The first-order valence-corrected chi connectivity index (χ1v) is 9.88. The van der Waals surface area contributed by atoms with E-state index in [1.54, 1.807) is 42.3 Å². The van der Waals surface area contributed by atoms with Crippen molar-refractivity contribution < 1.29 is 23.5 Å². The van der Waals surface area contributed by atoms with Gasteiger partial charge in [0, 0.05) is 22.9 Å². The van der Waals surface area contributed by atoms with Crippen LogP contribution < -0.4 is 4.74 Å². The molecule has 0 saturated carbocycles. The van der Waals surface area contributed by atoms with Crippen LogP contribution in [0.25, 0.3) is 11.0 Å². The summed E-state index contributed by atoms with van der Waals surface area (Å²) in [5, 5.41) is 2.78. The number of furan rings is 1. The van der Waals surface area contributed by atoms with Gasteiger partial charge in [-0.2, -0.15) is 0 Å². The maximum Gasteiger partial charge on any atom is 0.375 e. The zero-order valence-corrected chi connectivity index (χ0v) is 17.2. The Labute approximate surface area is 167 Å². The number of amides is 1.